The molecule has 1 N–H and O–H groups in total. The molecular weight excluding hydrogens is 359 g/mol. The van der Waals surface area contributed by atoms with Gasteiger partial charge in [0, 0.05) is 11.9 Å². The maximum Gasteiger partial charge on any atom is 0.340 e. The Morgan fingerprint density at radius 3 is 2.54 bits per heavy atom. The minimum absolute atomic E-state index is 0.230. The number of nitrogens with zero attached hydrogens (tertiary/aromatic N) is 1. The lowest BCUT2D eigenvalue weighted by atomic mass is 10.0. The summed E-state index contributed by atoms with van der Waals surface area (Å²) < 4.78 is 18.1. The summed E-state index contributed by atoms with van der Waals surface area (Å²) in [6, 6.07) is 13.4. The molecule has 1 aromatic heterocycles. The molecule has 28 heavy (non-hydrogen) atoms. The number of fused-ring (bicyclic) bond motifs is 1. The van der Waals surface area contributed by atoms with E-state index in [1.165, 1.54) is 12.1 Å². The number of aryl methyl sites for hydroxylation is 2. The van der Waals surface area contributed by atoms with Gasteiger partial charge in [-0.1, -0.05) is 37.3 Å². The van der Waals surface area contributed by atoms with E-state index in [1.54, 1.807) is 12.1 Å². The van der Waals surface area contributed by atoms with Gasteiger partial charge >= 0.3 is 5.97 Å². The summed E-state index contributed by atoms with van der Waals surface area (Å²) in [5, 5.41) is 3.53. The molecule has 2 aromatic carbocycles. The Morgan fingerprint density at radius 2 is 1.82 bits per heavy atom. The van der Waals surface area contributed by atoms with Crippen molar-refractivity contribution in [1.82, 2.24) is 10.3 Å². The number of ether oxygens (including phenoxy) is 1. The molecule has 144 valence electrons. The molecule has 0 unspecified atom stereocenters. The predicted octanol–water partition coefficient (Wildman–Crippen LogP) is 3.72. The van der Waals surface area contributed by atoms with Gasteiger partial charge in [0.1, 0.15) is 5.82 Å². The Morgan fingerprint density at radius 1 is 1.11 bits per heavy atom. The monoisotopic (exact) mass is 380 g/mol. The number of halogens is 1. The first kappa shape index (κ1) is 19.5. The Labute approximate surface area is 162 Å². The van der Waals surface area contributed by atoms with Gasteiger partial charge in [-0.25, -0.2) is 9.18 Å². The Bertz CT molecular complexity index is 1020. The number of carbonyl (C=O) groups is 2. The first-order valence-electron chi connectivity index (χ1n) is 9.06. The maximum absolute atomic E-state index is 12.9. The van der Waals surface area contributed by atoms with E-state index in [1.807, 2.05) is 38.1 Å². The molecule has 1 heterocycles. The fraction of sp³-hybridized carbons (Fsp3) is 0.227. The Kier molecular flexibility index (Phi) is 5.99. The van der Waals surface area contributed by atoms with E-state index in [2.05, 4.69) is 10.3 Å². The van der Waals surface area contributed by atoms with Gasteiger partial charge in [-0.3, -0.25) is 9.78 Å². The van der Waals surface area contributed by atoms with Crippen LogP contribution >= 0.6 is 0 Å². The summed E-state index contributed by atoms with van der Waals surface area (Å²) in [6.07, 6.45) is 0.576. The van der Waals surface area contributed by atoms with E-state index in [4.69, 9.17) is 4.74 Å². The summed E-state index contributed by atoms with van der Waals surface area (Å²) in [5.74, 6) is -1.33. The highest BCUT2D eigenvalue weighted by molar-refractivity contribution is 5.99. The number of aromatic nitrogens is 1. The second-order valence-corrected chi connectivity index (χ2v) is 6.41. The average molecular weight is 380 g/mol. The van der Waals surface area contributed by atoms with Gasteiger partial charge in [0.15, 0.2) is 6.61 Å². The zero-order valence-corrected chi connectivity index (χ0v) is 15.8. The Balaban J connectivity index is 1.66. The van der Waals surface area contributed by atoms with Crippen LogP contribution in [0.25, 0.3) is 10.9 Å². The minimum Gasteiger partial charge on any atom is -0.452 e. The molecule has 0 spiro atoms. The molecule has 5 nitrogen and oxygen atoms in total. The zero-order valence-electron chi connectivity index (χ0n) is 15.8. The quantitative estimate of drug-likeness (QED) is 0.662. The van der Waals surface area contributed by atoms with Crippen molar-refractivity contribution in [3.8, 4) is 0 Å². The number of rotatable bonds is 6. The molecule has 0 saturated carbocycles. The number of pyridine rings is 1. The second kappa shape index (κ2) is 8.61. The molecule has 0 saturated heterocycles. The van der Waals surface area contributed by atoms with Gasteiger partial charge in [-0.05, 0) is 42.7 Å². The standard InChI is InChI=1S/C22H21FN2O3/c1-3-18-21(14(2)17-6-4-5-7-19(17)25-18)22(27)28-13-20(26)24-12-15-8-10-16(23)11-9-15/h4-11H,3,12-13H2,1-2H3,(H,24,26). The van der Waals surface area contributed by atoms with Crippen molar-refractivity contribution in [2.24, 2.45) is 0 Å². The smallest absolute Gasteiger partial charge is 0.340 e. The van der Waals surface area contributed by atoms with E-state index in [0.717, 1.165) is 22.0 Å². The van der Waals surface area contributed by atoms with Crippen LogP contribution in [0.2, 0.25) is 0 Å². The topological polar surface area (TPSA) is 68.3 Å². The molecule has 0 aliphatic heterocycles. The van der Waals surface area contributed by atoms with E-state index in [9.17, 15) is 14.0 Å². The van der Waals surface area contributed by atoms with Crippen LogP contribution in [0.15, 0.2) is 48.5 Å². The third kappa shape index (κ3) is 4.34. The summed E-state index contributed by atoms with van der Waals surface area (Å²) in [4.78, 5) is 29.2. The number of amides is 1. The number of nitrogens with one attached hydrogen (secondary N) is 1. The Hall–Kier alpha value is -3.28. The van der Waals surface area contributed by atoms with Crippen LogP contribution in [-0.2, 0) is 22.5 Å². The molecule has 6 heteroatoms. The molecule has 0 fully saturated rings. The van der Waals surface area contributed by atoms with Crippen LogP contribution in [0.3, 0.4) is 0 Å². The van der Waals surface area contributed by atoms with Crippen molar-refractivity contribution < 1.29 is 18.7 Å². The molecule has 1 amide bonds. The van der Waals surface area contributed by atoms with Crippen LogP contribution in [-0.4, -0.2) is 23.5 Å². The van der Waals surface area contributed by atoms with Crippen LogP contribution in [0.4, 0.5) is 4.39 Å². The summed E-state index contributed by atoms with van der Waals surface area (Å²) in [5.41, 5.74) is 3.42. The molecular formula is C22H21FN2O3. The van der Waals surface area contributed by atoms with Crippen LogP contribution in [0, 0.1) is 12.7 Å². The SMILES string of the molecule is CCc1nc2ccccc2c(C)c1C(=O)OCC(=O)NCc1ccc(F)cc1. The normalized spacial score (nSPS) is 10.7. The highest BCUT2D eigenvalue weighted by Gasteiger charge is 2.20. The van der Waals surface area contributed by atoms with E-state index < -0.39 is 18.5 Å². The van der Waals surface area contributed by atoms with Crippen LogP contribution < -0.4 is 5.32 Å². The van der Waals surface area contributed by atoms with Crippen molar-refractivity contribution in [2.45, 2.75) is 26.8 Å². The van der Waals surface area contributed by atoms with Gasteiger partial charge in [-0.2, -0.15) is 0 Å². The summed E-state index contributed by atoms with van der Waals surface area (Å²) in [7, 11) is 0. The van der Waals surface area contributed by atoms with Crippen molar-refractivity contribution >= 4 is 22.8 Å². The van der Waals surface area contributed by atoms with Gasteiger partial charge in [0.05, 0.1) is 16.8 Å². The van der Waals surface area contributed by atoms with Crippen molar-refractivity contribution in [3.05, 3.63) is 76.7 Å². The zero-order chi connectivity index (χ0) is 20.1. The lowest BCUT2D eigenvalue weighted by molar-refractivity contribution is -0.124. The second-order valence-electron chi connectivity index (χ2n) is 6.41. The molecule has 0 aliphatic rings. The third-order valence-electron chi connectivity index (χ3n) is 4.50. The molecule has 3 rings (SSSR count). The third-order valence-corrected chi connectivity index (χ3v) is 4.50. The summed E-state index contributed by atoms with van der Waals surface area (Å²) >= 11 is 0. The van der Waals surface area contributed by atoms with Crippen molar-refractivity contribution in [1.29, 1.82) is 0 Å². The average Bonchev–Trinajstić information content (AvgIpc) is 2.71. The largest absolute Gasteiger partial charge is 0.452 e. The highest BCUT2D eigenvalue weighted by Crippen LogP contribution is 2.24. The van der Waals surface area contributed by atoms with Gasteiger partial charge in [0.25, 0.3) is 5.91 Å². The molecule has 0 bridgehead atoms. The van der Waals surface area contributed by atoms with Crippen molar-refractivity contribution in [2.75, 3.05) is 6.61 Å². The molecule has 0 atom stereocenters. The van der Waals surface area contributed by atoms with E-state index in [0.29, 0.717) is 17.7 Å². The van der Waals surface area contributed by atoms with Gasteiger partial charge in [0.2, 0.25) is 0 Å². The number of benzene rings is 2. The molecule has 0 aliphatic carbocycles. The van der Waals surface area contributed by atoms with Gasteiger partial charge < -0.3 is 10.1 Å². The minimum atomic E-state index is -0.565. The van der Waals surface area contributed by atoms with Crippen LogP contribution in [0.1, 0.15) is 34.1 Å². The van der Waals surface area contributed by atoms with E-state index >= 15 is 0 Å². The first-order valence-corrected chi connectivity index (χ1v) is 9.06. The molecule has 3 aromatic rings. The number of hydrogen-bond acceptors (Lipinski definition) is 4. The number of carbonyl (C=O) groups excluding carboxylic acids is 2. The fourth-order valence-electron chi connectivity index (χ4n) is 3.02. The lowest BCUT2D eigenvalue weighted by Crippen LogP contribution is -2.28. The molecule has 0 radical (unpaired) electrons. The fourth-order valence-corrected chi connectivity index (χ4v) is 3.02. The number of para-hydroxylation sites is 1. The number of hydrogen-bond donors (Lipinski definition) is 1. The predicted molar refractivity (Wildman–Crippen MR) is 104 cm³/mol. The lowest BCUT2D eigenvalue weighted by Gasteiger charge is -2.13. The highest BCUT2D eigenvalue weighted by atomic mass is 19.1. The van der Waals surface area contributed by atoms with Crippen LogP contribution in [0.5, 0.6) is 0 Å². The maximum atomic E-state index is 12.9. The first-order chi connectivity index (χ1) is 13.5. The van der Waals surface area contributed by atoms with E-state index in [-0.39, 0.29) is 12.4 Å². The van der Waals surface area contributed by atoms with Gasteiger partial charge in [-0.15, -0.1) is 0 Å². The van der Waals surface area contributed by atoms with Crippen molar-refractivity contribution in [3.63, 3.8) is 0 Å². The number of esters is 1. The summed E-state index contributed by atoms with van der Waals surface area (Å²) in [6.45, 7) is 3.61.